The average Bonchev–Trinajstić information content (AvgIpc) is 3.56. The third-order valence-corrected chi connectivity index (χ3v) is 6.52. The van der Waals surface area contributed by atoms with Crippen molar-refractivity contribution >= 4 is 5.82 Å². The molecule has 0 N–H and O–H groups in total. The van der Waals surface area contributed by atoms with Crippen molar-refractivity contribution < 1.29 is 0 Å². The Morgan fingerprint density at radius 1 is 0.969 bits per heavy atom. The van der Waals surface area contributed by atoms with E-state index in [1.807, 2.05) is 41.1 Å². The van der Waals surface area contributed by atoms with E-state index in [0.29, 0.717) is 17.6 Å². The molecular weight excluding hydrogens is 400 g/mol. The smallest absolute Gasteiger partial charge is 0.182 e. The zero-order chi connectivity index (χ0) is 21.5. The first-order valence-corrected chi connectivity index (χ1v) is 11.3. The Morgan fingerprint density at radius 3 is 2.53 bits per heavy atom. The summed E-state index contributed by atoms with van der Waals surface area (Å²) >= 11 is 0. The maximum absolute atomic E-state index is 5.11. The molecular formula is C24H24N8. The Labute approximate surface area is 186 Å². The molecule has 2 aliphatic rings. The summed E-state index contributed by atoms with van der Waals surface area (Å²) in [6.45, 7) is 2.20. The lowest BCUT2D eigenvalue weighted by Crippen LogP contribution is -2.42. The van der Waals surface area contributed by atoms with Crippen LogP contribution in [0.15, 0.2) is 55.2 Å². The van der Waals surface area contributed by atoms with Gasteiger partial charge >= 0.3 is 0 Å². The normalized spacial score (nSPS) is 17.9. The lowest BCUT2D eigenvalue weighted by molar-refractivity contribution is 0.469. The highest BCUT2D eigenvalue weighted by Gasteiger charge is 2.38. The van der Waals surface area contributed by atoms with Gasteiger partial charge in [0, 0.05) is 24.0 Å². The Kier molecular flexibility index (Phi) is 4.63. The summed E-state index contributed by atoms with van der Waals surface area (Å²) < 4.78 is 2.04. The first kappa shape index (κ1) is 19.0. The summed E-state index contributed by atoms with van der Waals surface area (Å²) in [4.78, 5) is 21.5. The summed E-state index contributed by atoms with van der Waals surface area (Å²) in [7, 11) is 0. The van der Waals surface area contributed by atoms with Crippen molar-refractivity contribution in [3.8, 4) is 28.5 Å². The van der Waals surface area contributed by atoms with Gasteiger partial charge in [-0.05, 0) is 19.3 Å². The molecule has 0 amide bonds. The van der Waals surface area contributed by atoms with Crippen molar-refractivity contribution in [3.63, 3.8) is 0 Å². The van der Waals surface area contributed by atoms with Crippen molar-refractivity contribution in [2.24, 2.45) is 0 Å². The van der Waals surface area contributed by atoms with Gasteiger partial charge in [-0.25, -0.2) is 15.0 Å². The first-order chi connectivity index (χ1) is 15.8. The van der Waals surface area contributed by atoms with E-state index < -0.39 is 0 Å². The van der Waals surface area contributed by atoms with Gasteiger partial charge in [0.25, 0.3) is 0 Å². The molecule has 8 nitrogen and oxygen atoms in total. The van der Waals surface area contributed by atoms with E-state index in [0.717, 1.165) is 35.0 Å². The second-order valence-corrected chi connectivity index (χ2v) is 8.35. The van der Waals surface area contributed by atoms with Gasteiger partial charge in [-0.15, -0.1) is 10.2 Å². The molecule has 1 unspecified atom stereocenters. The predicted octanol–water partition coefficient (Wildman–Crippen LogP) is 4.40. The highest BCUT2D eigenvalue weighted by atomic mass is 15.4. The lowest BCUT2D eigenvalue weighted by atomic mass is 10.0. The van der Waals surface area contributed by atoms with Crippen molar-refractivity contribution in [2.75, 3.05) is 4.90 Å². The third-order valence-electron chi connectivity index (χ3n) is 6.52. The number of aromatic nitrogens is 7. The number of nitrogens with zero attached hydrogens (tertiary/aromatic N) is 8. The Hall–Kier alpha value is -3.68. The Morgan fingerprint density at radius 2 is 1.75 bits per heavy atom. The number of hydrogen-bond acceptors (Lipinski definition) is 7. The third kappa shape index (κ3) is 2.97. The fourth-order valence-corrected chi connectivity index (χ4v) is 5.07. The van der Waals surface area contributed by atoms with Gasteiger partial charge in [0.2, 0.25) is 0 Å². The van der Waals surface area contributed by atoms with Crippen LogP contribution in [-0.2, 0) is 0 Å². The topological polar surface area (TPSA) is 85.5 Å². The maximum atomic E-state index is 5.11. The molecule has 1 aliphatic carbocycles. The maximum Gasteiger partial charge on any atom is 0.182 e. The van der Waals surface area contributed by atoms with Crippen LogP contribution in [0.2, 0.25) is 0 Å². The number of hydrogen-bond donors (Lipinski definition) is 0. The molecule has 1 aliphatic heterocycles. The van der Waals surface area contributed by atoms with Crippen molar-refractivity contribution in [1.82, 2.24) is 34.7 Å². The van der Waals surface area contributed by atoms with Crippen LogP contribution in [0.3, 0.4) is 0 Å². The molecule has 32 heavy (non-hydrogen) atoms. The van der Waals surface area contributed by atoms with Gasteiger partial charge < -0.3 is 4.90 Å². The molecule has 0 saturated heterocycles. The number of rotatable bonds is 4. The predicted molar refractivity (Wildman–Crippen MR) is 121 cm³/mol. The van der Waals surface area contributed by atoms with E-state index in [4.69, 9.17) is 9.97 Å². The molecule has 4 aromatic rings. The van der Waals surface area contributed by atoms with Gasteiger partial charge in [0.15, 0.2) is 17.5 Å². The van der Waals surface area contributed by atoms with Crippen LogP contribution in [0, 0.1) is 0 Å². The Bertz CT molecular complexity index is 1250. The van der Waals surface area contributed by atoms with Crippen LogP contribution in [-0.4, -0.2) is 40.7 Å². The van der Waals surface area contributed by atoms with Crippen LogP contribution < -0.4 is 4.90 Å². The van der Waals surface area contributed by atoms with E-state index >= 15 is 0 Å². The fourth-order valence-electron chi connectivity index (χ4n) is 5.07. The summed E-state index contributed by atoms with van der Waals surface area (Å²) in [6.07, 6.45) is 12.8. The first-order valence-electron chi connectivity index (χ1n) is 11.3. The number of benzene rings is 1. The molecule has 0 radical (unpaired) electrons. The molecule has 1 atom stereocenters. The lowest BCUT2D eigenvalue weighted by Gasteiger charge is -2.40. The monoisotopic (exact) mass is 424 g/mol. The molecule has 1 aromatic carbocycles. The van der Waals surface area contributed by atoms with E-state index in [1.165, 1.54) is 25.7 Å². The molecule has 3 aromatic heterocycles. The molecule has 1 fully saturated rings. The average molecular weight is 425 g/mol. The second-order valence-electron chi connectivity index (χ2n) is 8.35. The molecule has 6 rings (SSSR count). The highest BCUT2D eigenvalue weighted by molar-refractivity contribution is 5.76. The van der Waals surface area contributed by atoms with Crippen LogP contribution in [0.25, 0.3) is 28.5 Å². The van der Waals surface area contributed by atoms with Crippen LogP contribution in [0.1, 0.15) is 50.9 Å². The van der Waals surface area contributed by atoms with Gasteiger partial charge in [-0.3, -0.25) is 9.55 Å². The zero-order valence-electron chi connectivity index (χ0n) is 18.0. The molecule has 160 valence electrons. The van der Waals surface area contributed by atoms with E-state index in [-0.39, 0.29) is 6.04 Å². The molecule has 4 heterocycles. The van der Waals surface area contributed by atoms with Crippen molar-refractivity contribution in [3.05, 3.63) is 61.1 Å². The van der Waals surface area contributed by atoms with Gasteiger partial charge in [0.1, 0.15) is 17.7 Å². The summed E-state index contributed by atoms with van der Waals surface area (Å²) in [5.41, 5.74) is 3.40. The summed E-state index contributed by atoms with van der Waals surface area (Å²) in [6, 6.07) is 10.7. The number of fused-ring (bicyclic) bond motifs is 3. The van der Waals surface area contributed by atoms with Gasteiger partial charge in [-0.1, -0.05) is 50.1 Å². The summed E-state index contributed by atoms with van der Waals surface area (Å²) in [5.74, 6) is 2.49. The summed E-state index contributed by atoms with van der Waals surface area (Å²) in [5, 5.41) is 8.66. The Balaban J connectivity index is 1.53. The molecule has 1 saturated carbocycles. The quantitative estimate of drug-likeness (QED) is 0.480. The van der Waals surface area contributed by atoms with Crippen LogP contribution >= 0.6 is 0 Å². The largest absolute Gasteiger partial charge is 0.341 e. The van der Waals surface area contributed by atoms with E-state index in [1.54, 1.807) is 18.7 Å². The molecule has 0 spiro atoms. The highest BCUT2D eigenvalue weighted by Crippen LogP contribution is 2.43. The van der Waals surface area contributed by atoms with E-state index in [2.05, 4.69) is 32.0 Å². The second kappa shape index (κ2) is 7.78. The van der Waals surface area contributed by atoms with Gasteiger partial charge in [0.05, 0.1) is 17.9 Å². The minimum atomic E-state index is 0.145. The molecule has 8 heteroatoms. The standard InChI is InChI=1S/C24H24N8/c1-2-18-24-30-28-15-31(24)19-14-27-22(29-23(19)32(18)17-10-6-7-11-17)21-20(25-12-13-26-21)16-8-4-3-5-9-16/h3-5,8-9,12-15,17-18H,2,6-7,10-11H2,1H3. The van der Waals surface area contributed by atoms with Crippen molar-refractivity contribution in [2.45, 2.75) is 51.1 Å². The number of anilines is 1. The van der Waals surface area contributed by atoms with Crippen LogP contribution in [0.5, 0.6) is 0 Å². The fraction of sp³-hybridized carbons (Fsp3) is 0.333. The minimum absolute atomic E-state index is 0.145. The van der Waals surface area contributed by atoms with E-state index in [9.17, 15) is 0 Å². The van der Waals surface area contributed by atoms with Crippen molar-refractivity contribution in [1.29, 1.82) is 0 Å². The zero-order valence-corrected chi connectivity index (χ0v) is 18.0. The molecule has 0 bridgehead atoms. The minimum Gasteiger partial charge on any atom is -0.341 e. The van der Waals surface area contributed by atoms with Gasteiger partial charge in [-0.2, -0.15) is 0 Å². The van der Waals surface area contributed by atoms with Crippen LogP contribution in [0.4, 0.5) is 5.82 Å². The SMILES string of the molecule is CCC1c2nncn2-c2cnc(-c3nccnc3-c3ccccc3)nc2N1C1CCCC1.